The normalized spacial score (nSPS) is 18.6. The van der Waals surface area contributed by atoms with Crippen LogP contribution in [0.15, 0.2) is 33.6 Å². The minimum absolute atomic E-state index is 0.0149. The van der Waals surface area contributed by atoms with Crippen LogP contribution in [0.2, 0.25) is 0 Å². The Morgan fingerprint density at radius 2 is 2.00 bits per heavy atom. The zero-order valence-corrected chi connectivity index (χ0v) is 18.9. The van der Waals surface area contributed by atoms with Gasteiger partial charge in [0.1, 0.15) is 0 Å². The Morgan fingerprint density at radius 1 is 1.29 bits per heavy atom. The average Bonchev–Trinajstić information content (AvgIpc) is 3.09. The number of hydrogen-bond donors (Lipinski definition) is 0. The zero-order chi connectivity index (χ0) is 22.8. The van der Waals surface area contributed by atoms with Crippen molar-refractivity contribution in [3.8, 4) is 11.5 Å². The molecule has 12 heteroatoms. The van der Waals surface area contributed by atoms with Gasteiger partial charge in [0.15, 0.2) is 0 Å². The molecule has 0 saturated carbocycles. The van der Waals surface area contributed by atoms with Crippen LogP contribution in [-0.4, -0.2) is 59.8 Å². The van der Waals surface area contributed by atoms with Gasteiger partial charge in [0.05, 0.1) is 17.5 Å². The molecule has 31 heavy (non-hydrogen) atoms. The molecule has 1 saturated heterocycles. The van der Waals surface area contributed by atoms with Crippen molar-refractivity contribution < 1.29 is 26.0 Å². The third-order valence-electron chi connectivity index (χ3n) is 5.33. The molecule has 0 amide bonds. The van der Waals surface area contributed by atoms with Gasteiger partial charge < -0.3 is 4.42 Å². The molecule has 1 aromatic carbocycles. The summed E-state index contributed by atoms with van der Waals surface area (Å²) in [7, 11) is -3.66. The average molecular weight is 479 g/mol. The summed E-state index contributed by atoms with van der Waals surface area (Å²) in [5, 5.41) is 4.28. The topological polar surface area (TPSA) is 71.6 Å². The van der Waals surface area contributed by atoms with Crippen LogP contribution >= 0.6 is 12.2 Å². The molecule has 2 aromatic rings. The van der Waals surface area contributed by atoms with Gasteiger partial charge in [-0.1, -0.05) is 19.9 Å². The van der Waals surface area contributed by atoms with E-state index in [0.29, 0.717) is 31.6 Å². The molecule has 1 fully saturated rings. The molecule has 3 rings (SSSR count). The fourth-order valence-corrected chi connectivity index (χ4v) is 5.34. The largest absolute Gasteiger partial charge is 0.409 e. The van der Waals surface area contributed by atoms with Crippen LogP contribution in [0, 0.1) is 10.8 Å². The summed E-state index contributed by atoms with van der Waals surface area (Å²) in [6.07, 6.45) is -3.68. The molecule has 7 nitrogen and oxygen atoms in total. The lowest BCUT2D eigenvalue weighted by Gasteiger charge is -2.33. The monoisotopic (exact) mass is 478 g/mol. The number of piperidine rings is 1. The summed E-state index contributed by atoms with van der Waals surface area (Å²) in [4.78, 5) is 1.76. The lowest BCUT2D eigenvalue weighted by Crippen LogP contribution is -2.42. The van der Waals surface area contributed by atoms with Crippen LogP contribution in [0.1, 0.15) is 26.7 Å². The lowest BCUT2D eigenvalue weighted by molar-refractivity contribution is -0.188. The molecule has 172 valence electrons. The number of halogens is 3. The Bertz CT molecular complexity index is 1060. The maximum absolute atomic E-state index is 13.1. The molecule has 1 aliphatic rings. The van der Waals surface area contributed by atoms with E-state index in [2.05, 4.69) is 5.10 Å². The molecule has 1 atom stereocenters. The molecule has 0 aliphatic carbocycles. The smallest absolute Gasteiger partial charge is 0.393 e. The molecule has 0 N–H and O–H groups in total. The molecule has 2 heterocycles. The van der Waals surface area contributed by atoms with Crippen molar-refractivity contribution >= 4 is 22.2 Å². The molecule has 0 spiro atoms. The van der Waals surface area contributed by atoms with E-state index in [4.69, 9.17) is 16.6 Å². The summed E-state index contributed by atoms with van der Waals surface area (Å²) >= 11 is 5.19. The molecule has 0 bridgehead atoms. The fraction of sp³-hybridized carbons (Fsp3) is 0.579. The van der Waals surface area contributed by atoms with Crippen LogP contribution in [0.5, 0.6) is 0 Å². The highest BCUT2D eigenvalue weighted by molar-refractivity contribution is 7.89. The summed E-state index contributed by atoms with van der Waals surface area (Å²) in [5.41, 5.74) is 0.421. The van der Waals surface area contributed by atoms with E-state index in [9.17, 15) is 21.6 Å². The Kier molecular flexibility index (Phi) is 7.24. The zero-order valence-electron chi connectivity index (χ0n) is 17.3. The number of sulfonamides is 1. The van der Waals surface area contributed by atoms with E-state index in [1.54, 1.807) is 30.9 Å². The van der Waals surface area contributed by atoms with Crippen molar-refractivity contribution in [1.82, 2.24) is 19.0 Å². The van der Waals surface area contributed by atoms with Gasteiger partial charge in [-0.25, -0.2) is 13.1 Å². The predicted molar refractivity (Wildman–Crippen MR) is 111 cm³/mol. The van der Waals surface area contributed by atoms with Crippen LogP contribution in [0.25, 0.3) is 11.5 Å². The first-order valence-electron chi connectivity index (χ1n) is 10.0. The number of rotatable bonds is 7. The molecular weight excluding hydrogens is 453 g/mol. The Morgan fingerprint density at radius 3 is 2.65 bits per heavy atom. The fourth-order valence-electron chi connectivity index (χ4n) is 3.66. The van der Waals surface area contributed by atoms with Crippen molar-refractivity contribution in [2.45, 2.75) is 44.4 Å². The second-order valence-corrected chi connectivity index (χ2v) is 9.68. The van der Waals surface area contributed by atoms with Crippen molar-refractivity contribution in [3.05, 3.63) is 29.1 Å². The summed E-state index contributed by atoms with van der Waals surface area (Å²) in [6, 6.07) is 6.18. The van der Waals surface area contributed by atoms with Crippen LogP contribution in [0.3, 0.4) is 0 Å². The Balaban J connectivity index is 1.82. The second-order valence-electron chi connectivity index (χ2n) is 7.39. The van der Waals surface area contributed by atoms with Crippen molar-refractivity contribution in [2.75, 3.05) is 26.2 Å². The van der Waals surface area contributed by atoms with Crippen LogP contribution in [0.4, 0.5) is 13.2 Å². The molecule has 1 aromatic heterocycles. The first-order chi connectivity index (χ1) is 14.6. The standard InChI is InChI=1S/C19H25F3N4O3S2/c1-3-25(4-2)31(27,28)16-9-5-7-14(11-16)17-23-26(18(30)29-17)13-24-10-6-8-15(12-24)19(20,21)22/h5,7,9,11,15H,3-4,6,8,10,12-13H2,1-2H3/t15-/m1/s1. The Labute approximate surface area is 184 Å². The number of benzene rings is 1. The van der Waals surface area contributed by atoms with E-state index >= 15 is 0 Å². The number of alkyl halides is 3. The van der Waals surface area contributed by atoms with Gasteiger partial charge >= 0.3 is 6.18 Å². The quantitative estimate of drug-likeness (QED) is 0.557. The minimum atomic E-state index is -4.23. The van der Waals surface area contributed by atoms with E-state index in [0.717, 1.165) is 0 Å². The number of nitrogens with zero attached hydrogens (tertiary/aromatic N) is 4. The van der Waals surface area contributed by atoms with Gasteiger partial charge in [-0.3, -0.25) is 4.90 Å². The molecular formula is C19H25F3N4O3S2. The maximum Gasteiger partial charge on any atom is 0.393 e. The second kappa shape index (κ2) is 9.39. The van der Waals surface area contributed by atoms with Crippen LogP contribution in [-0.2, 0) is 16.7 Å². The number of likely N-dealkylation sites (tertiary alicyclic amines) is 1. The van der Waals surface area contributed by atoms with Gasteiger partial charge in [0.25, 0.3) is 4.84 Å². The van der Waals surface area contributed by atoms with E-state index in [-0.39, 0.29) is 35.3 Å². The predicted octanol–water partition coefficient (Wildman–Crippen LogP) is 4.13. The van der Waals surface area contributed by atoms with E-state index in [1.807, 2.05) is 0 Å². The maximum atomic E-state index is 13.1. The highest BCUT2D eigenvalue weighted by atomic mass is 32.2. The third kappa shape index (κ3) is 5.36. The number of hydrogen-bond acceptors (Lipinski definition) is 6. The third-order valence-corrected chi connectivity index (χ3v) is 7.67. The van der Waals surface area contributed by atoms with Crippen molar-refractivity contribution in [3.63, 3.8) is 0 Å². The van der Waals surface area contributed by atoms with E-state index in [1.165, 1.54) is 21.1 Å². The number of aromatic nitrogens is 2. The molecule has 0 radical (unpaired) electrons. The molecule has 1 aliphatic heterocycles. The van der Waals surface area contributed by atoms with Crippen molar-refractivity contribution in [1.29, 1.82) is 0 Å². The first-order valence-corrected chi connectivity index (χ1v) is 11.9. The van der Waals surface area contributed by atoms with Gasteiger partial charge in [-0.2, -0.15) is 17.5 Å². The summed E-state index contributed by atoms with van der Waals surface area (Å²) in [5.74, 6) is -1.25. The minimum Gasteiger partial charge on any atom is -0.409 e. The lowest BCUT2D eigenvalue weighted by atomic mass is 9.98. The van der Waals surface area contributed by atoms with Gasteiger partial charge in [-0.15, -0.1) is 5.10 Å². The highest BCUT2D eigenvalue weighted by Gasteiger charge is 2.41. The van der Waals surface area contributed by atoms with Gasteiger partial charge in [-0.05, 0) is 49.8 Å². The highest BCUT2D eigenvalue weighted by Crippen LogP contribution is 2.33. The summed E-state index contributed by atoms with van der Waals surface area (Å²) < 4.78 is 72.9. The first kappa shape index (κ1) is 23.9. The summed E-state index contributed by atoms with van der Waals surface area (Å²) in [6.45, 7) is 4.66. The van der Waals surface area contributed by atoms with Gasteiger partial charge in [0, 0.05) is 25.2 Å². The van der Waals surface area contributed by atoms with E-state index < -0.39 is 22.1 Å². The van der Waals surface area contributed by atoms with Gasteiger partial charge in [0.2, 0.25) is 15.9 Å². The van der Waals surface area contributed by atoms with Crippen molar-refractivity contribution in [2.24, 2.45) is 5.92 Å². The Hall–Kier alpha value is -1.76. The van der Waals surface area contributed by atoms with Crippen LogP contribution < -0.4 is 0 Å². The SMILES string of the molecule is CCN(CC)S(=O)(=O)c1cccc(-c2nn(CN3CCC[C@@H](C(F)(F)F)C3)c(=S)o2)c1. The molecule has 0 unspecified atom stereocenters.